The fraction of sp³-hybridized carbons (Fsp3) is 0.286. The lowest BCUT2D eigenvalue weighted by Crippen LogP contribution is -2.40. The van der Waals surface area contributed by atoms with Gasteiger partial charge in [-0.3, -0.25) is 14.4 Å². The van der Waals surface area contributed by atoms with Crippen LogP contribution in [-0.2, 0) is 17.4 Å². The number of carbonyl (C=O) groups excluding carboxylic acids is 2. The van der Waals surface area contributed by atoms with E-state index in [0.717, 1.165) is 16.5 Å². The van der Waals surface area contributed by atoms with Crippen molar-refractivity contribution >= 4 is 22.7 Å². The zero-order valence-electron chi connectivity index (χ0n) is 15.9. The molecule has 1 aromatic heterocycles. The highest BCUT2D eigenvalue weighted by Gasteiger charge is 2.49. The molecule has 28 heavy (non-hydrogen) atoms. The molecule has 0 spiro atoms. The van der Waals surface area contributed by atoms with Crippen molar-refractivity contribution < 1.29 is 14.3 Å². The summed E-state index contributed by atoms with van der Waals surface area (Å²) in [4.78, 5) is 26.4. The van der Waals surface area contributed by atoms with Gasteiger partial charge in [-0.15, -0.1) is 0 Å². The van der Waals surface area contributed by atoms with Crippen LogP contribution in [0.15, 0.2) is 54.9 Å². The number of ether oxygens (including phenoxy) is 1. The van der Waals surface area contributed by atoms with Crippen molar-refractivity contribution in [2.24, 2.45) is 7.05 Å². The van der Waals surface area contributed by atoms with E-state index in [1.807, 2.05) is 36.4 Å². The van der Waals surface area contributed by atoms with Gasteiger partial charge in [0.05, 0.1) is 12.8 Å². The smallest absolute Gasteiger partial charge is 0.325 e. The first kappa shape index (κ1) is 18.0. The summed E-state index contributed by atoms with van der Waals surface area (Å²) in [6.07, 6.45) is 3.89. The molecule has 1 N–H and O–H groups in total. The Hall–Kier alpha value is -3.35. The monoisotopic (exact) mass is 378 g/mol. The molecule has 1 aliphatic rings. The maximum absolute atomic E-state index is 12.8. The van der Waals surface area contributed by atoms with Gasteiger partial charge in [-0.25, -0.2) is 4.79 Å². The molecule has 7 heteroatoms. The Bertz CT molecular complexity index is 1040. The van der Waals surface area contributed by atoms with Gasteiger partial charge in [0, 0.05) is 25.4 Å². The normalized spacial score (nSPS) is 19.3. The van der Waals surface area contributed by atoms with Gasteiger partial charge in [-0.1, -0.05) is 30.3 Å². The molecule has 1 saturated heterocycles. The van der Waals surface area contributed by atoms with Crippen LogP contribution in [0, 0.1) is 0 Å². The SMILES string of the molecule is Cn1cc(C2(C)NC(=O)N(CCCOc3ccc4ccccc4c3)C2=O)cn1. The summed E-state index contributed by atoms with van der Waals surface area (Å²) in [7, 11) is 1.77. The van der Waals surface area contributed by atoms with Crippen LogP contribution in [0.2, 0.25) is 0 Å². The number of urea groups is 1. The van der Waals surface area contributed by atoms with Crippen LogP contribution in [0.3, 0.4) is 0 Å². The van der Waals surface area contributed by atoms with Crippen molar-refractivity contribution in [1.82, 2.24) is 20.0 Å². The number of hydrogen-bond donors (Lipinski definition) is 1. The zero-order chi connectivity index (χ0) is 19.7. The fourth-order valence-corrected chi connectivity index (χ4v) is 3.44. The Morgan fingerprint density at radius 3 is 2.68 bits per heavy atom. The van der Waals surface area contributed by atoms with Crippen LogP contribution in [0.5, 0.6) is 5.75 Å². The van der Waals surface area contributed by atoms with E-state index in [1.54, 1.807) is 31.0 Å². The van der Waals surface area contributed by atoms with Crippen molar-refractivity contribution in [1.29, 1.82) is 0 Å². The van der Waals surface area contributed by atoms with Crippen LogP contribution in [0.1, 0.15) is 18.9 Å². The lowest BCUT2D eigenvalue weighted by atomic mass is 9.95. The minimum Gasteiger partial charge on any atom is -0.494 e. The summed E-state index contributed by atoms with van der Waals surface area (Å²) >= 11 is 0. The standard InChI is InChI=1S/C21H22N4O3/c1-21(17-13-22-24(2)14-17)19(26)25(20(27)23-21)10-5-11-28-18-9-8-15-6-3-4-7-16(15)12-18/h3-4,6-9,12-14H,5,10-11H2,1-2H3,(H,23,27). The highest BCUT2D eigenvalue weighted by molar-refractivity contribution is 6.07. The average molecular weight is 378 g/mol. The second-order valence-electron chi connectivity index (χ2n) is 7.13. The van der Waals surface area contributed by atoms with Gasteiger partial charge in [-0.2, -0.15) is 5.10 Å². The molecular formula is C21H22N4O3. The molecule has 1 fully saturated rings. The number of benzene rings is 2. The second kappa shape index (κ2) is 6.99. The molecule has 4 rings (SSSR count). The number of fused-ring (bicyclic) bond motifs is 1. The van der Waals surface area contributed by atoms with Crippen molar-refractivity contribution in [3.8, 4) is 5.75 Å². The summed E-state index contributed by atoms with van der Waals surface area (Å²) in [5.41, 5.74) is -0.409. The topological polar surface area (TPSA) is 76.5 Å². The first-order valence-corrected chi connectivity index (χ1v) is 9.22. The molecule has 144 valence electrons. The summed E-state index contributed by atoms with van der Waals surface area (Å²) in [6, 6.07) is 13.6. The minimum atomic E-state index is -1.08. The first-order valence-electron chi connectivity index (χ1n) is 9.22. The molecule has 0 saturated carbocycles. The Morgan fingerprint density at radius 1 is 1.14 bits per heavy atom. The van der Waals surface area contributed by atoms with E-state index in [9.17, 15) is 9.59 Å². The fourth-order valence-electron chi connectivity index (χ4n) is 3.44. The maximum atomic E-state index is 12.8. The molecule has 1 atom stereocenters. The quantitative estimate of drug-likeness (QED) is 0.529. The van der Waals surface area contributed by atoms with E-state index < -0.39 is 5.54 Å². The zero-order valence-corrected chi connectivity index (χ0v) is 15.9. The number of amides is 3. The van der Waals surface area contributed by atoms with E-state index in [2.05, 4.69) is 16.5 Å². The molecule has 1 aliphatic heterocycles. The largest absolute Gasteiger partial charge is 0.494 e. The Kier molecular flexibility index (Phi) is 4.50. The number of carbonyl (C=O) groups is 2. The Balaban J connectivity index is 1.35. The van der Waals surface area contributed by atoms with Crippen molar-refractivity contribution in [3.63, 3.8) is 0 Å². The number of imide groups is 1. The van der Waals surface area contributed by atoms with Crippen molar-refractivity contribution in [2.45, 2.75) is 18.9 Å². The molecule has 2 heterocycles. The van der Waals surface area contributed by atoms with Gasteiger partial charge in [0.2, 0.25) is 0 Å². The van der Waals surface area contributed by atoms with E-state index >= 15 is 0 Å². The minimum absolute atomic E-state index is 0.267. The molecule has 0 aliphatic carbocycles. The summed E-state index contributed by atoms with van der Waals surface area (Å²) < 4.78 is 7.41. The van der Waals surface area contributed by atoms with Gasteiger partial charge >= 0.3 is 6.03 Å². The molecule has 0 radical (unpaired) electrons. The van der Waals surface area contributed by atoms with Crippen LogP contribution in [0.4, 0.5) is 4.79 Å². The number of aromatic nitrogens is 2. The average Bonchev–Trinajstić information content (AvgIpc) is 3.22. The predicted octanol–water partition coefficient (Wildman–Crippen LogP) is 2.81. The van der Waals surface area contributed by atoms with Gasteiger partial charge in [0.15, 0.2) is 0 Å². The number of rotatable bonds is 6. The third-order valence-electron chi connectivity index (χ3n) is 5.07. The predicted molar refractivity (Wildman–Crippen MR) is 105 cm³/mol. The van der Waals surface area contributed by atoms with E-state index in [-0.39, 0.29) is 11.9 Å². The van der Waals surface area contributed by atoms with Crippen LogP contribution < -0.4 is 10.1 Å². The van der Waals surface area contributed by atoms with E-state index in [1.165, 1.54) is 4.90 Å². The van der Waals surface area contributed by atoms with E-state index in [4.69, 9.17) is 4.74 Å². The van der Waals surface area contributed by atoms with E-state index in [0.29, 0.717) is 25.1 Å². The lowest BCUT2D eigenvalue weighted by Gasteiger charge is -2.20. The number of aryl methyl sites for hydroxylation is 1. The third kappa shape index (κ3) is 3.19. The Morgan fingerprint density at radius 2 is 1.93 bits per heavy atom. The summed E-state index contributed by atoms with van der Waals surface area (Å²) in [5, 5.41) is 9.15. The molecule has 3 amide bonds. The molecule has 2 aromatic carbocycles. The van der Waals surface area contributed by atoms with Gasteiger partial charge < -0.3 is 10.1 Å². The Labute approximate surface area is 162 Å². The van der Waals surface area contributed by atoms with Crippen LogP contribution in [0.25, 0.3) is 10.8 Å². The van der Waals surface area contributed by atoms with Crippen molar-refractivity contribution in [3.05, 3.63) is 60.4 Å². The van der Waals surface area contributed by atoms with Gasteiger partial charge in [0.1, 0.15) is 11.3 Å². The number of hydrogen-bond acceptors (Lipinski definition) is 4. The maximum Gasteiger partial charge on any atom is 0.325 e. The van der Waals surface area contributed by atoms with Crippen LogP contribution in [-0.4, -0.2) is 39.8 Å². The molecule has 0 bridgehead atoms. The highest BCUT2D eigenvalue weighted by Crippen LogP contribution is 2.28. The molecule has 3 aromatic rings. The first-order chi connectivity index (χ1) is 13.5. The third-order valence-corrected chi connectivity index (χ3v) is 5.07. The highest BCUT2D eigenvalue weighted by atomic mass is 16.5. The van der Waals surface area contributed by atoms with Crippen molar-refractivity contribution in [2.75, 3.05) is 13.2 Å². The molecule has 7 nitrogen and oxygen atoms in total. The van der Waals surface area contributed by atoms with Crippen LogP contribution >= 0.6 is 0 Å². The summed E-state index contributed by atoms with van der Waals surface area (Å²) in [5.74, 6) is 0.507. The molecular weight excluding hydrogens is 356 g/mol. The number of nitrogens with zero attached hydrogens (tertiary/aromatic N) is 3. The lowest BCUT2D eigenvalue weighted by molar-refractivity contribution is -0.131. The molecule has 1 unspecified atom stereocenters. The van der Waals surface area contributed by atoms with Gasteiger partial charge in [0.25, 0.3) is 5.91 Å². The second-order valence-corrected chi connectivity index (χ2v) is 7.13. The van der Waals surface area contributed by atoms with Gasteiger partial charge in [-0.05, 0) is 36.2 Å². The number of nitrogens with one attached hydrogen (secondary N) is 1. The summed E-state index contributed by atoms with van der Waals surface area (Å²) in [6.45, 7) is 2.42.